The maximum absolute atomic E-state index is 8.64. The molecular formula is C17H25NOS. The maximum atomic E-state index is 8.64. The molecule has 0 amide bonds. The second-order valence-electron chi connectivity index (χ2n) is 4.90. The predicted molar refractivity (Wildman–Crippen MR) is 87.3 cm³/mol. The summed E-state index contributed by atoms with van der Waals surface area (Å²) < 4.78 is 5.72. The predicted octanol–water partition coefficient (Wildman–Crippen LogP) is 5.14. The van der Waals surface area contributed by atoms with Gasteiger partial charge < -0.3 is 4.74 Å². The molecule has 20 heavy (non-hydrogen) atoms. The molecule has 0 spiro atoms. The molecule has 0 aliphatic rings. The number of thioether (sulfide) groups is 1. The van der Waals surface area contributed by atoms with Crippen molar-refractivity contribution in [1.29, 1.82) is 5.26 Å². The molecule has 0 aliphatic carbocycles. The highest BCUT2D eigenvalue weighted by molar-refractivity contribution is 8.03. The summed E-state index contributed by atoms with van der Waals surface area (Å²) in [5.74, 6) is 2.44. The Morgan fingerprint density at radius 3 is 2.70 bits per heavy atom. The van der Waals surface area contributed by atoms with Crippen molar-refractivity contribution in [2.45, 2.75) is 52.4 Å². The van der Waals surface area contributed by atoms with Gasteiger partial charge in [-0.25, -0.2) is 0 Å². The average molecular weight is 291 g/mol. The molecule has 0 aliphatic heterocycles. The van der Waals surface area contributed by atoms with Crippen LogP contribution in [0.25, 0.3) is 0 Å². The van der Waals surface area contributed by atoms with Crippen LogP contribution in [0, 0.1) is 10.7 Å². The van der Waals surface area contributed by atoms with Crippen LogP contribution in [0.1, 0.15) is 57.1 Å². The van der Waals surface area contributed by atoms with Crippen LogP contribution in [0.15, 0.2) is 18.2 Å². The van der Waals surface area contributed by atoms with Crippen molar-refractivity contribution in [2.75, 3.05) is 12.4 Å². The van der Waals surface area contributed by atoms with Crippen molar-refractivity contribution < 1.29 is 4.74 Å². The third kappa shape index (κ3) is 5.09. The van der Waals surface area contributed by atoms with Crippen LogP contribution >= 0.6 is 11.8 Å². The lowest BCUT2D eigenvalue weighted by molar-refractivity contribution is 0.317. The second kappa shape index (κ2) is 9.72. The number of rotatable bonds is 9. The number of hydrogen-bond acceptors (Lipinski definition) is 3. The van der Waals surface area contributed by atoms with Crippen molar-refractivity contribution in [1.82, 2.24) is 0 Å². The van der Waals surface area contributed by atoms with E-state index in [2.05, 4.69) is 44.4 Å². The van der Waals surface area contributed by atoms with Gasteiger partial charge in [0.05, 0.1) is 6.61 Å². The highest BCUT2D eigenvalue weighted by Gasteiger charge is 2.13. The zero-order valence-electron chi connectivity index (χ0n) is 12.8. The number of ether oxygens (including phenoxy) is 1. The highest BCUT2D eigenvalue weighted by Crippen LogP contribution is 2.30. The van der Waals surface area contributed by atoms with Crippen LogP contribution in [-0.2, 0) is 6.42 Å². The van der Waals surface area contributed by atoms with Gasteiger partial charge in [0.2, 0.25) is 0 Å². The lowest BCUT2D eigenvalue weighted by Crippen LogP contribution is -2.04. The third-order valence-electron chi connectivity index (χ3n) is 3.53. The fraction of sp³-hybridized carbons (Fsp3) is 0.588. The van der Waals surface area contributed by atoms with Gasteiger partial charge in [-0.15, -0.1) is 0 Å². The van der Waals surface area contributed by atoms with Gasteiger partial charge in [0, 0.05) is 5.75 Å². The van der Waals surface area contributed by atoms with Gasteiger partial charge in [-0.3, -0.25) is 0 Å². The highest BCUT2D eigenvalue weighted by atomic mass is 32.2. The van der Waals surface area contributed by atoms with Crippen molar-refractivity contribution in [3.63, 3.8) is 0 Å². The van der Waals surface area contributed by atoms with E-state index in [-0.39, 0.29) is 0 Å². The molecule has 0 heterocycles. The van der Waals surface area contributed by atoms with Crippen molar-refractivity contribution in [3.8, 4) is 11.2 Å². The van der Waals surface area contributed by atoms with Gasteiger partial charge in [0.15, 0.2) is 0 Å². The minimum Gasteiger partial charge on any atom is -0.494 e. The average Bonchev–Trinajstić information content (AvgIpc) is 2.49. The van der Waals surface area contributed by atoms with Crippen molar-refractivity contribution in [3.05, 3.63) is 29.3 Å². The number of nitrogens with zero attached hydrogens (tertiary/aromatic N) is 1. The third-order valence-corrected chi connectivity index (χ3v) is 4.10. The number of thiocyanates is 1. The normalized spacial score (nSPS) is 11.9. The largest absolute Gasteiger partial charge is 0.494 e. The summed E-state index contributed by atoms with van der Waals surface area (Å²) in [5, 5.41) is 10.8. The molecule has 2 nitrogen and oxygen atoms in total. The SMILES string of the molecule is CCCOc1ccc(C(CC)CCSC#N)c(CC)c1. The summed E-state index contributed by atoms with van der Waals surface area (Å²) in [7, 11) is 0. The lowest BCUT2D eigenvalue weighted by Gasteiger charge is -2.19. The van der Waals surface area contributed by atoms with Crippen LogP contribution in [0.5, 0.6) is 5.75 Å². The van der Waals surface area contributed by atoms with Gasteiger partial charge in [-0.2, -0.15) is 5.26 Å². The summed E-state index contributed by atoms with van der Waals surface area (Å²) >= 11 is 1.36. The van der Waals surface area contributed by atoms with E-state index in [1.165, 1.54) is 22.9 Å². The topological polar surface area (TPSA) is 33.0 Å². The second-order valence-corrected chi connectivity index (χ2v) is 5.78. The summed E-state index contributed by atoms with van der Waals surface area (Å²) in [6.45, 7) is 7.31. The molecule has 0 N–H and O–H groups in total. The molecule has 1 aromatic rings. The number of benzene rings is 1. The van der Waals surface area contributed by atoms with E-state index in [0.29, 0.717) is 5.92 Å². The fourth-order valence-corrected chi connectivity index (χ4v) is 2.92. The van der Waals surface area contributed by atoms with E-state index < -0.39 is 0 Å². The molecule has 1 rings (SSSR count). The Labute approximate surface area is 127 Å². The van der Waals surface area contributed by atoms with Crippen LogP contribution in [0.2, 0.25) is 0 Å². The molecule has 1 aromatic carbocycles. The molecule has 3 heteroatoms. The maximum Gasteiger partial charge on any atom is 0.133 e. The quantitative estimate of drug-likeness (QED) is 0.467. The monoisotopic (exact) mass is 291 g/mol. The van der Waals surface area contributed by atoms with E-state index in [1.807, 2.05) is 0 Å². The van der Waals surface area contributed by atoms with E-state index in [1.54, 1.807) is 0 Å². The Balaban J connectivity index is 2.83. The smallest absolute Gasteiger partial charge is 0.133 e. The Bertz CT molecular complexity index is 439. The van der Waals surface area contributed by atoms with Gasteiger partial charge in [0.25, 0.3) is 0 Å². The first-order valence-electron chi connectivity index (χ1n) is 7.53. The molecule has 1 atom stereocenters. The van der Waals surface area contributed by atoms with Crippen LogP contribution in [0.4, 0.5) is 0 Å². The van der Waals surface area contributed by atoms with Gasteiger partial charge in [-0.05, 0) is 66.6 Å². The van der Waals surface area contributed by atoms with Gasteiger partial charge >= 0.3 is 0 Å². The zero-order valence-corrected chi connectivity index (χ0v) is 13.6. The summed E-state index contributed by atoms with van der Waals surface area (Å²) in [4.78, 5) is 0. The van der Waals surface area contributed by atoms with E-state index in [9.17, 15) is 0 Å². The van der Waals surface area contributed by atoms with Crippen molar-refractivity contribution in [2.24, 2.45) is 0 Å². The summed E-state index contributed by atoms with van der Waals surface area (Å²) in [6.07, 6.45) is 4.25. The Hall–Kier alpha value is -1.14. The van der Waals surface area contributed by atoms with E-state index in [4.69, 9.17) is 10.00 Å². The minimum absolute atomic E-state index is 0.547. The Morgan fingerprint density at radius 1 is 1.30 bits per heavy atom. The molecular weight excluding hydrogens is 266 g/mol. The lowest BCUT2D eigenvalue weighted by atomic mass is 9.89. The van der Waals surface area contributed by atoms with Crippen LogP contribution < -0.4 is 4.74 Å². The number of nitriles is 1. The number of aryl methyl sites for hydroxylation is 1. The molecule has 0 saturated carbocycles. The van der Waals surface area contributed by atoms with Crippen LogP contribution in [0.3, 0.4) is 0 Å². The standard InChI is InChI=1S/C17H25NOS/c1-4-10-19-16-7-8-17(15(6-3)12-16)14(5-2)9-11-20-13-18/h7-8,12,14H,4-6,9-11H2,1-3H3. The molecule has 1 unspecified atom stereocenters. The van der Waals surface area contributed by atoms with Crippen molar-refractivity contribution >= 4 is 11.8 Å². The van der Waals surface area contributed by atoms with Gasteiger partial charge in [-0.1, -0.05) is 26.8 Å². The minimum atomic E-state index is 0.547. The van der Waals surface area contributed by atoms with E-state index in [0.717, 1.165) is 43.8 Å². The molecule has 110 valence electrons. The molecule has 0 fully saturated rings. The fourth-order valence-electron chi connectivity index (χ4n) is 2.42. The van der Waals surface area contributed by atoms with Crippen LogP contribution in [-0.4, -0.2) is 12.4 Å². The summed E-state index contributed by atoms with van der Waals surface area (Å²) in [6, 6.07) is 6.49. The van der Waals surface area contributed by atoms with Gasteiger partial charge in [0.1, 0.15) is 11.2 Å². The first-order valence-corrected chi connectivity index (χ1v) is 8.51. The zero-order chi connectivity index (χ0) is 14.8. The first kappa shape index (κ1) is 16.9. The first-order chi connectivity index (χ1) is 9.76. The Kier molecular flexibility index (Phi) is 8.22. The molecule has 0 saturated heterocycles. The molecule has 0 aromatic heterocycles. The van der Waals surface area contributed by atoms with E-state index >= 15 is 0 Å². The molecule has 0 radical (unpaired) electrons. The summed E-state index contributed by atoms with van der Waals surface area (Å²) in [5.41, 5.74) is 2.81. The Morgan fingerprint density at radius 2 is 2.10 bits per heavy atom. The molecule has 0 bridgehead atoms. The number of hydrogen-bond donors (Lipinski definition) is 0.